The number of amides is 1. The first kappa shape index (κ1) is 15.1. The van der Waals surface area contributed by atoms with Crippen LogP contribution >= 0.6 is 31.9 Å². The number of carbonyl (C=O) groups excluding carboxylic acids is 1. The Morgan fingerprint density at radius 1 is 1.20 bits per heavy atom. The third-order valence-electron chi connectivity index (χ3n) is 2.88. The molecule has 0 saturated carbocycles. The molecule has 0 aromatic heterocycles. The fourth-order valence-corrected chi connectivity index (χ4v) is 2.68. The Balaban J connectivity index is 2.18. The van der Waals surface area contributed by atoms with Gasteiger partial charge in [0.2, 0.25) is 0 Å². The van der Waals surface area contributed by atoms with Crippen LogP contribution in [0.4, 0.5) is 5.69 Å². The maximum Gasteiger partial charge on any atom is 0.255 e. The van der Waals surface area contributed by atoms with Gasteiger partial charge >= 0.3 is 0 Å². The van der Waals surface area contributed by atoms with Gasteiger partial charge in [-0.05, 0) is 51.8 Å². The number of anilines is 1. The molecule has 0 fully saturated rings. The quantitative estimate of drug-likeness (QED) is 0.793. The van der Waals surface area contributed by atoms with Gasteiger partial charge in [0.15, 0.2) is 0 Å². The number of nitrogens with zero attached hydrogens (tertiary/aromatic N) is 1. The molecule has 0 aliphatic rings. The van der Waals surface area contributed by atoms with E-state index >= 15 is 0 Å². The lowest BCUT2D eigenvalue weighted by atomic mass is 10.1. The molecule has 0 bridgehead atoms. The van der Waals surface area contributed by atoms with Crippen LogP contribution < -0.4 is 5.73 Å². The van der Waals surface area contributed by atoms with Gasteiger partial charge in [-0.2, -0.15) is 0 Å². The molecule has 0 saturated heterocycles. The molecule has 2 rings (SSSR count). The largest absolute Gasteiger partial charge is 0.399 e. The lowest BCUT2D eigenvalue weighted by Gasteiger charge is -2.18. The van der Waals surface area contributed by atoms with E-state index in [2.05, 4.69) is 31.9 Å². The summed E-state index contributed by atoms with van der Waals surface area (Å²) in [5.41, 5.74) is 8.09. The Labute approximate surface area is 135 Å². The van der Waals surface area contributed by atoms with E-state index in [4.69, 9.17) is 5.73 Å². The van der Waals surface area contributed by atoms with Gasteiger partial charge in [0.05, 0.1) is 5.56 Å². The predicted molar refractivity (Wildman–Crippen MR) is 88.5 cm³/mol. The van der Waals surface area contributed by atoms with Crippen LogP contribution in [-0.2, 0) is 6.54 Å². The molecule has 2 N–H and O–H groups in total. The molecule has 0 unspecified atom stereocenters. The normalized spacial score (nSPS) is 10.3. The first-order valence-electron chi connectivity index (χ1n) is 6.02. The molecule has 3 nitrogen and oxygen atoms in total. The third kappa shape index (κ3) is 3.61. The Morgan fingerprint density at radius 2 is 1.95 bits per heavy atom. The molecule has 0 radical (unpaired) electrons. The molecule has 1 amide bonds. The minimum absolute atomic E-state index is 0.0411. The topological polar surface area (TPSA) is 46.3 Å². The van der Waals surface area contributed by atoms with Crippen LogP contribution in [0.15, 0.2) is 51.4 Å². The summed E-state index contributed by atoms with van der Waals surface area (Å²) in [5, 5.41) is 0. The second kappa shape index (κ2) is 6.41. The minimum Gasteiger partial charge on any atom is -0.399 e. The van der Waals surface area contributed by atoms with Crippen molar-refractivity contribution in [1.29, 1.82) is 0 Å². The molecule has 0 aliphatic carbocycles. The average Bonchev–Trinajstić information content (AvgIpc) is 2.40. The van der Waals surface area contributed by atoms with Crippen molar-refractivity contribution in [2.45, 2.75) is 6.54 Å². The average molecular weight is 398 g/mol. The Hall–Kier alpha value is -1.33. The van der Waals surface area contributed by atoms with Crippen molar-refractivity contribution < 1.29 is 4.79 Å². The van der Waals surface area contributed by atoms with E-state index in [9.17, 15) is 4.79 Å². The molecular formula is C15H14Br2N2O. The van der Waals surface area contributed by atoms with Gasteiger partial charge in [0.1, 0.15) is 0 Å². The highest BCUT2D eigenvalue weighted by molar-refractivity contribution is 9.11. The lowest BCUT2D eigenvalue weighted by Crippen LogP contribution is -2.26. The van der Waals surface area contributed by atoms with Crippen molar-refractivity contribution in [1.82, 2.24) is 4.90 Å². The van der Waals surface area contributed by atoms with E-state index in [1.54, 1.807) is 11.9 Å². The fourth-order valence-electron chi connectivity index (χ4n) is 1.90. The van der Waals surface area contributed by atoms with E-state index in [1.807, 2.05) is 42.5 Å². The summed E-state index contributed by atoms with van der Waals surface area (Å²) in [6.45, 7) is 0.517. The van der Waals surface area contributed by atoms with Gasteiger partial charge in [-0.1, -0.05) is 28.1 Å². The standard InChI is InChI=1S/C15H14Br2N2O/c1-19(9-10-3-2-4-12(18)7-10)15(20)13-8-11(16)5-6-14(13)17/h2-8H,9,18H2,1H3. The van der Waals surface area contributed by atoms with Crippen LogP contribution in [0.2, 0.25) is 0 Å². The molecule has 0 aliphatic heterocycles. The maximum atomic E-state index is 12.5. The van der Waals surface area contributed by atoms with Gasteiger partial charge in [-0.15, -0.1) is 0 Å². The van der Waals surface area contributed by atoms with Crippen LogP contribution in [0.5, 0.6) is 0 Å². The summed E-state index contributed by atoms with van der Waals surface area (Å²) in [6, 6.07) is 13.1. The highest BCUT2D eigenvalue weighted by atomic mass is 79.9. The van der Waals surface area contributed by atoms with E-state index in [1.165, 1.54) is 0 Å². The molecule has 0 atom stereocenters. The molecule has 20 heavy (non-hydrogen) atoms. The smallest absolute Gasteiger partial charge is 0.255 e. The number of hydrogen-bond donors (Lipinski definition) is 1. The van der Waals surface area contributed by atoms with Gasteiger partial charge in [0.25, 0.3) is 5.91 Å². The summed E-state index contributed by atoms with van der Waals surface area (Å²) < 4.78 is 1.66. The Bertz CT molecular complexity index is 644. The van der Waals surface area contributed by atoms with Gasteiger partial charge < -0.3 is 10.6 Å². The van der Waals surface area contributed by atoms with Crippen molar-refractivity contribution in [3.63, 3.8) is 0 Å². The zero-order valence-corrected chi connectivity index (χ0v) is 14.1. The molecule has 2 aromatic rings. The lowest BCUT2D eigenvalue weighted by molar-refractivity contribution is 0.0784. The monoisotopic (exact) mass is 396 g/mol. The number of rotatable bonds is 3. The minimum atomic E-state index is -0.0411. The number of carbonyl (C=O) groups is 1. The van der Waals surface area contributed by atoms with E-state index in [0.29, 0.717) is 17.8 Å². The second-order valence-corrected chi connectivity index (χ2v) is 6.30. The van der Waals surface area contributed by atoms with E-state index in [-0.39, 0.29) is 5.91 Å². The number of hydrogen-bond acceptors (Lipinski definition) is 2. The molecule has 2 aromatic carbocycles. The van der Waals surface area contributed by atoms with Crippen molar-refractivity contribution in [3.05, 3.63) is 62.5 Å². The summed E-state index contributed by atoms with van der Waals surface area (Å²) in [4.78, 5) is 14.1. The van der Waals surface area contributed by atoms with Gasteiger partial charge in [-0.3, -0.25) is 4.79 Å². The maximum absolute atomic E-state index is 12.5. The molecule has 0 spiro atoms. The van der Waals surface area contributed by atoms with Crippen LogP contribution in [0.3, 0.4) is 0 Å². The molecule has 104 valence electrons. The Morgan fingerprint density at radius 3 is 2.65 bits per heavy atom. The zero-order valence-electron chi connectivity index (χ0n) is 10.9. The van der Waals surface area contributed by atoms with E-state index in [0.717, 1.165) is 14.5 Å². The molecular weight excluding hydrogens is 384 g/mol. The zero-order chi connectivity index (χ0) is 14.7. The second-order valence-electron chi connectivity index (χ2n) is 4.53. The van der Waals surface area contributed by atoms with Crippen LogP contribution in [0.1, 0.15) is 15.9 Å². The summed E-state index contributed by atoms with van der Waals surface area (Å²) in [6.07, 6.45) is 0. The number of halogens is 2. The number of nitrogen functional groups attached to an aromatic ring is 1. The summed E-state index contributed by atoms with van der Waals surface area (Å²) in [7, 11) is 1.78. The van der Waals surface area contributed by atoms with Crippen molar-refractivity contribution >= 4 is 43.5 Å². The highest BCUT2D eigenvalue weighted by Gasteiger charge is 2.15. The van der Waals surface area contributed by atoms with Crippen molar-refractivity contribution in [2.75, 3.05) is 12.8 Å². The van der Waals surface area contributed by atoms with Crippen LogP contribution in [0, 0.1) is 0 Å². The van der Waals surface area contributed by atoms with Gasteiger partial charge in [0, 0.05) is 28.2 Å². The van der Waals surface area contributed by atoms with E-state index < -0.39 is 0 Å². The first-order chi connectivity index (χ1) is 9.47. The van der Waals surface area contributed by atoms with Crippen molar-refractivity contribution in [2.24, 2.45) is 0 Å². The molecule has 0 heterocycles. The number of benzene rings is 2. The summed E-state index contributed by atoms with van der Waals surface area (Å²) >= 11 is 6.79. The third-order valence-corrected chi connectivity index (χ3v) is 4.06. The Kier molecular flexibility index (Phi) is 4.83. The highest BCUT2D eigenvalue weighted by Crippen LogP contribution is 2.23. The predicted octanol–water partition coefficient (Wildman–Crippen LogP) is 4.07. The van der Waals surface area contributed by atoms with Gasteiger partial charge in [-0.25, -0.2) is 0 Å². The van der Waals surface area contributed by atoms with Crippen molar-refractivity contribution in [3.8, 4) is 0 Å². The van der Waals surface area contributed by atoms with Crippen LogP contribution in [0.25, 0.3) is 0 Å². The fraction of sp³-hybridized carbons (Fsp3) is 0.133. The van der Waals surface area contributed by atoms with Crippen LogP contribution in [-0.4, -0.2) is 17.9 Å². The molecule has 5 heteroatoms. The first-order valence-corrected chi connectivity index (χ1v) is 7.61. The summed E-state index contributed by atoms with van der Waals surface area (Å²) in [5.74, 6) is -0.0411. The SMILES string of the molecule is CN(Cc1cccc(N)c1)C(=O)c1cc(Br)ccc1Br. The number of nitrogens with two attached hydrogens (primary N) is 1.